The molecule has 26 heavy (non-hydrogen) atoms. The highest BCUT2D eigenvalue weighted by molar-refractivity contribution is 7.87. The van der Waals surface area contributed by atoms with Crippen LogP contribution in [-0.4, -0.2) is 20.3 Å². The van der Waals surface area contributed by atoms with E-state index in [0.717, 1.165) is 24.0 Å². The maximum atomic E-state index is 12.6. The van der Waals surface area contributed by atoms with Crippen LogP contribution in [0.4, 0.5) is 13.2 Å². The molecule has 0 amide bonds. The summed E-state index contributed by atoms with van der Waals surface area (Å²) >= 11 is 0. The summed E-state index contributed by atoms with van der Waals surface area (Å²) in [4.78, 5) is 0. The van der Waals surface area contributed by atoms with Gasteiger partial charge in [-0.3, -0.25) is 4.18 Å². The third-order valence-corrected chi connectivity index (χ3v) is 8.83. The molecule has 1 heterocycles. The third kappa shape index (κ3) is 4.11. The first-order valence-corrected chi connectivity index (χ1v) is 11.2. The second-order valence-electron chi connectivity index (χ2n) is 6.09. The lowest BCUT2D eigenvalue weighted by Gasteiger charge is -2.26. The van der Waals surface area contributed by atoms with E-state index in [2.05, 4.69) is 4.18 Å². The molecule has 2 aromatic carbocycles. The van der Waals surface area contributed by atoms with Gasteiger partial charge in [0.15, 0.2) is 0 Å². The van der Waals surface area contributed by atoms with E-state index in [1.807, 2.05) is 60.7 Å². The Morgan fingerprint density at radius 1 is 0.885 bits per heavy atom. The van der Waals surface area contributed by atoms with Gasteiger partial charge in [-0.25, -0.2) is 0 Å². The van der Waals surface area contributed by atoms with Gasteiger partial charge in [0.25, 0.3) is 0 Å². The smallest absolute Gasteiger partial charge is 0.259 e. The molecule has 0 spiro atoms. The Bertz CT molecular complexity index is 778. The Hall–Kier alpha value is -1.43. The maximum Gasteiger partial charge on any atom is 0.523 e. The number of hydrogen-bond acceptors (Lipinski definition) is 3. The topological polar surface area (TPSA) is 43.4 Å². The summed E-state index contributed by atoms with van der Waals surface area (Å²) < 4.78 is 65.1. The minimum Gasteiger partial charge on any atom is -0.259 e. The van der Waals surface area contributed by atoms with Crippen LogP contribution in [0.15, 0.2) is 60.7 Å². The Balaban J connectivity index is 1.88. The van der Waals surface area contributed by atoms with Gasteiger partial charge >= 0.3 is 15.6 Å². The van der Waals surface area contributed by atoms with Crippen molar-refractivity contribution in [3.05, 3.63) is 71.8 Å². The average Bonchev–Trinajstić information content (AvgIpc) is 3.04. The van der Waals surface area contributed by atoms with Crippen molar-refractivity contribution in [3.63, 3.8) is 0 Å². The van der Waals surface area contributed by atoms with Crippen molar-refractivity contribution in [2.45, 2.75) is 29.7 Å². The molecule has 8 heteroatoms. The number of hydrogen-bond donors (Lipinski definition) is 0. The fourth-order valence-corrected chi connectivity index (χ4v) is 7.35. The molecule has 1 aliphatic rings. The van der Waals surface area contributed by atoms with Crippen molar-refractivity contribution in [1.82, 2.24) is 0 Å². The lowest BCUT2D eigenvalue weighted by molar-refractivity contribution is -0.0530. The van der Waals surface area contributed by atoms with Crippen LogP contribution < -0.4 is 0 Å². The van der Waals surface area contributed by atoms with E-state index in [4.69, 9.17) is 0 Å². The molecule has 2 aromatic rings. The van der Waals surface area contributed by atoms with Crippen LogP contribution in [0, 0.1) is 0 Å². The molecular formula is C18H18F3O3PS. The van der Waals surface area contributed by atoms with E-state index in [0.29, 0.717) is 0 Å². The lowest BCUT2D eigenvalue weighted by atomic mass is 10.0. The Labute approximate surface area is 152 Å². The van der Waals surface area contributed by atoms with Gasteiger partial charge in [-0.1, -0.05) is 68.6 Å². The van der Waals surface area contributed by atoms with Crippen molar-refractivity contribution in [2.24, 2.45) is 0 Å². The average molecular weight is 402 g/mol. The van der Waals surface area contributed by atoms with E-state index in [9.17, 15) is 21.6 Å². The van der Waals surface area contributed by atoms with Crippen LogP contribution >= 0.6 is 7.92 Å². The predicted octanol–water partition coefficient (Wildman–Crippen LogP) is 5.57. The van der Waals surface area contributed by atoms with E-state index in [1.165, 1.54) is 0 Å². The first-order valence-electron chi connectivity index (χ1n) is 8.11. The standard InChI is InChI=1S/C18H18F3O3PS/c19-18(20,21)26(22,23)24-13-25-16(14-7-3-1-4-8-14)11-12-17(25)15-9-5-2-6-10-15/h1-10,16-17H,11-13H2/t16-,17?,25?/m1/s1. The number of rotatable bonds is 5. The Morgan fingerprint density at radius 2 is 1.31 bits per heavy atom. The van der Waals surface area contributed by atoms with Gasteiger partial charge in [0, 0.05) is 11.3 Å². The molecule has 0 aromatic heterocycles. The summed E-state index contributed by atoms with van der Waals surface area (Å²) in [6, 6.07) is 19.0. The zero-order valence-electron chi connectivity index (χ0n) is 13.8. The van der Waals surface area contributed by atoms with E-state index in [1.54, 1.807) is 0 Å². The molecule has 1 fully saturated rings. The van der Waals surface area contributed by atoms with Gasteiger partial charge in [-0.2, -0.15) is 21.6 Å². The third-order valence-electron chi connectivity index (χ3n) is 4.52. The molecule has 1 saturated heterocycles. The SMILES string of the molecule is O=S(=O)(OCP1C(c2ccccc2)CC[C@@H]1c1ccccc1)C(F)(F)F. The van der Waals surface area contributed by atoms with Gasteiger partial charge in [0.1, 0.15) is 0 Å². The second-order valence-corrected chi connectivity index (χ2v) is 10.2. The molecule has 140 valence electrons. The van der Waals surface area contributed by atoms with Crippen molar-refractivity contribution in [2.75, 3.05) is 6.35 Å². The fourth-order valence-electron chi connectivity index (χ4n) is 3.31. The number of halogens is 3. The predicted molar refractivity (Wildman–Crippen MR) is 95.4 cm³/mol. The molecule has 0 radical (unpaired) electrons. The monoisotopic (exact) mass is 402 g/mol. The molecule has 1 aliphatic heterocycles. The molecule has 3 rings (SSSR count). The maximum absolute atomic E-state index is 12.6. The minimum absolute atomic E-state index is 0.0137. The molecule has 0 N–H and O–H groups in total. The van der Waals surface area contributed by atoms with Crippen LogP contribution in [0.5, 0.6) is 0 Å². The summed E-state index contributed by atoms with van der Waals surface area (Å²) in [5, 5.41) is 0. The Morgan fingerprint density at radius 3 is 1.69 bits per heavy atom. The molecule has 2 unspecified atom stereocenters. The Kier molecular flexibility index (Phi) is 5.70. The summed E-state index contributed by atoms with van der Waals surface area (Å²) in [6.45, 7) is 0. The van der Waals surface area contributed by atoms with Gasteiger partial charge < -0.3 is 0 Å². The quantitative estimate of drug-likeness (QED) is 0.373. The molecule has 0 aliphatic carbocycles. The fraction of sp³-hybridized carbons (Fsp3) is 0.333. The van der Waals surface area contributed by atoms with Gasteiger partial charge in [0.05, 0.1) is 6.35 Å². The largest absolute Gasteiger partial charge is 0.523 e. The van der Waals surface area contributed by atoms with Crippen LogP contribution in [0.25, 0.3) is 0 Å². The normalized spacial score (nSPS) is 23.9. The summed E-state index contributed by atoms with van der Waals surface area (Å²) in [7, 11) is -6.72. The zero-order chi connectivity index (χ0) is 18.8. The highest BCUT2D eigenvalue weighted by Gasteiger charge is 2.48. The lowest BCUT2D eigenvalue weighted by Crippen LogP contribution is -2.25. The van der Waals surface area contributed by atoms with Crippen molar-refractivity contribution in [3.8, 4) is 0 Å². The minimum atomic E-state index is -5.58. The highest BCUT2D eigenvalue weighted by Crippen LogP contribution is 2.70. The van der Waals surface area contributed by atoms with Crippen molar-refractivity contribution in [1.29, 1.82) is 0 Å². The van der Waals surface area contributed by atoms with Gasteiger partial charge in [-0.15, -0.1) is 0 Å². The van der Waals surface area contributed by atoms with Crippen LogP contribution in [-0.2, 0) is 14.3 Å². The van der Waals surface area contributed by atoms with Gasteiger partial charge in [0.2, 0.25) is 0 Å². The van der Waals surface area contributed by atoms with E-state index in [-0.39, 0.29) is 11.3 Å². The van der Waals surface area contributed by atoms with E-state index < -0.39 is 29.9 Å². The number of alkyl halides is 3. The molecule has 3 atom stereocenters. The van der Waals surface area contributed by atoms with Crippen molar-refractivity contribution < 1.29 is 25.8 Å². The van der Waals surface area contributed by atoms with Crippen LogP contribution in [0.2, 0.25) is 0 Å². The van der Waals surface area contributed by atoms with Crippen LogP contribution in [0.1, 0.15) is 35.3 Å². The molecule has 0 saturated carbocycles. The summed E-state index contributed by atoms with van der Waals surface area (Å²) in [5.41, 5.74) is -3.33. The first-order chi connectivity index (χ1) is 12.3. The summed E-state index contributed by atoms with van der Waals surface area (Å²) in [6.07, 6.45) is 1.17. The van der Waals surface area contributed by atoms with Crippen molar-refractivity contribution >= 4 is 18.0 Å². The summed E-state index contributed by atoms with van der Waals surface area (Å²) in [5.74, 6) is 0. The van der Waals surface area contributed by atoms with Gasteiger partial charge in [-0.05, 0) is 24.0 Å². The first kappa shape index (κ1) is 19.3. The number of benzene rings is 2. The second kappa shape index (κ2) is 7.67. The highest BCUT2D eigenvalue weighted by atomic mass is 32.2. The van der Waals surface area contributed by atoms with Crippen LogP contribution in [0.3, 0.4) is 0 Å². The van der Waals surface area contributed by atoms with E-state index >= 15 is 0 Å². The molecule has 0 bridgehead atoms. The molecule has 3 nitrogen and oxygen atoms in total. The zero-order valence-corrected chi connectivity index (χ0v) is 15.5. The molecular weight excluding hydrogens is 384 g/mol.